The van der Waals surface area contributed by atoms with E-state index >= 15 is 0 Å². The zero-order valence-corrected chi connectivity index (χ0v) is 12.3. The van der Waals surface area contributed by atoms with Gasteiger partial charge in [-0.3, -0.25) is 9.59 Å². The van der Waals surface area contributed by atoms with Gasteiger partial charge in [-0.1, -0.05) is 24.8 Å². The van der Waals surface area contributed by atoms with Crippen LogP contribution in [-0.2, 0) is 16.0 Å². The third kappa shape index (κ3) is 3.49. The van der Waals surface area contributed by atoms with Gasteiger partial charge in [0.15, 0.2) is 4.34 Å². The van der Waals surface area contributed by atoms with Gasteiger partial charge in [-0.25, -0.2) is 4.98 Å². The molecule has 2 aromatic rings. The van der Waals surface area contributed by atoms with Gasteiger partial charge in [-0.05, 0) is 24.1 Å². The lowest BCUT2D eigenvalue weighted by molar-refractivity contribution is -0.142. The van der Waals surface area contributed by atoms with E-state index in [9.17, 15) is 9.59 Å². The van der Waals surface area contributed by atoms with E-state index in [4.69, 9.17) is 10.2 Å². The molecule has 106 valence electrons. The van der Waals surface area contributed by atoms with Gasteiger partial charge in [-0.2, -0.15) is 0 Å². The summed E-state index contributed by atoms with van der Waals surface area (Å²) in [7, 11) is 0. The highest BCUT2D eigenvalue weighted by Crippen LogP contribution is 2.33. The number of rotatable bonds is 6. The molecule has 0 radical (unpaired) electrons. The number of nitrogens with zero attached hydrogens (tertiary/aromatic N) is 1. The fourth-order valence-corrected chi connectivity index (χ4v) is 3.97. The third-order valence-electron chi connectivity index (χ3n) is 2.72. The molecule has 7 heteroatoms. The van der Waals surface area contributed by atoms with E-state index in [-0.39, 0.29) is 0 Å². The van der Waals surface area contributed by atoms with Crippen LogP contribution in [0, 0.1) is 0 Å². The molecule has 0 saturated carbocycles. The minimum absolute atomic E-state index is 0.421. The van der Waals surface area contributed by atoms with Crippen LogP contribution in [-0.4, -0.2) is 32.4 Å². The van der Waals surface area contributed by atoms with Crippen molar-refractivity contribution < 1.29 is 19.8 Å². The summed E-state index contributed by atoms with van der Waals surface area (Å²) in [6.45, 7) is 2.06. The molecule has 20 heavy (non-hydrogen) atoms. The molecule has 0 spiro atoms. The number of carboxylic acid groups (broad SMARTS) is 2. The molecular weight excluding hydrogens is 298 g/mol. The van der Waals surface area contributed by atoms with Gasteiger partial charge in [0.25, 0.3) is 0 Å². The smallest absolute Gasteiger partial charge is 0.317 e. The molecule has 0 amide bonds. The number of hydrogen-bond donors (Lipinski definition) is 2. The maximum atomic E-state index is 11.0. The summed E-state index contributed by atoms with van der Waals surface area (Å²) in [5.41, 5.74) is 2.01. The van der Waals surface area contributed by atoms with Crippen LogP contribution in [0.3, 0.4) is 0 Å². The minimum Gasteiger partial charge on any atom is -0.481 e. The van der Waals surface area contributed by atoms with Gasteiger partial charge in [0.2, 0.25) is 0 Å². The van der Waals surface area contributed by atoms with Crippen molar-refractivity contribution >= 4 is 45.3 Å². The van der Waals surface area contributed by atoms with Crippen molar-refractivity contribution in [3.63, 3.8) is 0 Å². The van der Waals surface area contributed by atoms with Crippen molar-refractivity contribution in [3.8, 4) is 0 Å². The Labute approximate surface area is 123 Å². The second kappa shape index (κ2) is 6.23. The quantitative estimate of drug-likeness (QED) is 0.798. The highest BCUT2D eigenvalue weighted by atomic mass is 32.2. The standard InChI is InChI=1S/C13H13NO4S2/c1-2-7-3-4-8-9(5-7)19-13(14-8)20-10(12(17)18)6-11(15)16/h3-5,10H,2,6H2,1H3,(H,15,16)(H,17,18). The number of thioether (sulfide) groups is 1. The molecule has 0 aliphatic carbocycles. The van der Waals surface area contributed by atoms with Crippen molar-refractivity contribution in [2.24, 2.45) is 0 Å². The summed E-state index contributed by atoms with van der Waals surface area (Å²) in [4.78, 5) is 26.1. The molecule has 0 aliphatic rings. The number of benzene rings is 1. The highest BCUT2D eigenvalue weighted by Gasteiger charge is 2.24. The molecule has 2 N–H and O–H groups in total. The van der Waals surface area contributed by atoms with Gasteiger partial charge in [0.05, 0.1) is 16.6 Å². The Kier molecular flexibility index (Phi) is 4.61. The summed E-state index contributed by atoms with van der Waals surface area (Å²) in [5.74, 6) is -2.26. The number of thiazole rings is 1. The monoisotopic (exact) mass is 311 g/mol. The Bertz CT molecular complexity index is 653. The summed E-state index contributed by atoms with van der Waals surface area (Å²) in [6.07, 6.45) is 0.503. The van der Waals surface area contributed by atoms with Gasteiger partial charge < -0.3 is 10.2 Å². The first-order valence-electron chi connectivity index (χ1n) is 6.00. The Morgan fingerprint density at radius 1 is 1.40 bits per heavy atom. The van der Waals surface area contributed by atoms with Crippen molar-refractivity contribution in [3.05, 3.63) is 23.8 Å². The van der Waals surface area contributed by atoms with Crippen molar-refractivity contribution in [2.45, 2.75) is 29.4 Å². The number of aliphatic carboxylic acids is 2. The Balaban J connectivity index is 2.23. The summed E-state index contributed by atoms with van der Waals surface area (Å²) in [5, 5.41) is 16.7. The predicted octanol–water partition coefficient (Wildman–Crippen LogP) is 2.88. The summed E-state index contributed by atoms with van der Waals surface area (Å²) >= 11 is 2.39. The lowest BCUT2D eigenvalue weighted by Crippen LogP contribution is -2.20. The van der Waals surface area contributed by atoms with E-state index in [1.165, 1.54) is 16.9 Å². The molecular formula is C13H13NO4S2. The molecule has 0 bridgehead atoms. The summed E-state index contributed by atoms with van der Waals surface area (Å²) in [6, 6.07) is 5.92. The Hall–Kier alpha value is -1.60. The van der Waals surface area contributed by atoms with E-state index < -0.39 is 23.6 Å². The molecule has 2 rings (SSSR count). The van der Waals surface area contributed by atoms with Gasteiger partial charge >= 0.3 is 11.9 Å². The molecule has 5 nitrogen and oxygen atoms in total. The molecule has 1 heterocycles. The highest BCUT2D eigenvalue weighted by molar-refractivity contribution is 8.02. The number of aryl methyl sites for hydroxylation is 1. The van der Waals surface area contributed by atoms with Crippen LogP contribution in [0.4, 0.5) is 0 Å². The van der Waals surface area contributed by atoms with E-state index in [1.54, 1.807) is 0 Å². The van der Waals surface area contributed by atoms with Crippen LogP contribution in [0.15, 0.2) is 22.5 Å². The van der Waals surface area contributed by atoms with Gasteiger partial charge in [-0.15, -0.1) is 11.3 Å². The zero-order valence-electron chi connectivity index (χ0n) is 10.7. The lowest BCUT2D eigenvalue weighted by Gasteiger charge is -2.06. The zero-order chi connectivity index (χ0) is 14.7. The molecule has 0 fully saturated rings. The fraction of sp³-hybridized carbons (Fsp3) is 0.308. The van der Waals surface area contributed by atoms with Gasteiger partial charge in [0.1, 0.15) is 5.25 Å². The number of carbonyl (C=O) groups is 2. The average molecular weight is 311 g/mol. The van der Waals surface area contributed by atoms with E-state index in [0.29, 0.717) is 4.34 Å². The second-order valence-corrected chi connectivity index (χ2v) is 6.66. The van der Waals surface area contributed by atoms with Gasteiger partial charge in [0, 0.05) is 0 Å². The van der Waals surface area contributed by atoms with E-state index in [0.717, 1.165) is 28.4 Å². The molecule has 0 saturated heterocycles. The second-order valence-electron chi connectivity index (χ2n) is 4.18. The Morgan fingerprint density at radius 3 is 2.75 bits per heavy atom. The molecule has 0 aliphatic heterocycles. The first-order chi connectivity index (χ1) is 9.49. The predicted molar refractivity (Wildman–Crippen MR) is 78.5 cm³/mol. The minimum atomic E-state index is -1.13. The maximum absolute atomic E-state index is 11.0. The normalized spacial score (nSPS) is 12.4. The summed E-state index contributed by atoms with van der Waals surface area (Å²) < 4.78 is 1.58. The number of fused-ring (bicyclic) bond motifs is 1. The van der Waals surface area contributed by atoms with E-state index in [2.05, 4.69) is 11.9 Å². The van der Waals surface area contributed by atoms with Crippen LogP contribution in [0.2, 0.25) is 0 Å². The first kappa shape index (κ1) is 14.8. The topological polar surface area (TPSA) is 87.5 Å². The largest absolute Gasteiger partial charge is 0.481 e. The molecule has 1 unspecified atom stereocenters. The maximum Gasteiger partial charge on any atom is 0.317 e. The van der Waals surface area contributed by atoms with Crippen LogP contribution in [0.25, 0.3) is 10.2 Å². The van der Waals surface area contributed by atoms with Crippen LogP contribution in [0.1, 0.15) is 18.9 Å². The fourth-order valence-electron chi connectivity index (χ4n) is 1.68. The average Bonchev–Trinajstić information content (AvgIpc) is 2.78. The van der Waals surface area contributed by atoms with Crippen LogP contribution < -0.4 is 0 Å². The number of hydrogen-bond acceptors (Lipinski definition) is 5. The van der Waals surface area contributed by atoms with Crippen LogP contribution in [0.5, 0.6) is 0 Å². The van der Waals surface area contributed by atoms with Crippen molar-refractivity contribution in [1.82, 2.24) is 4.98 Å². The van der Waals surface area contributed by atoms with Crippen LogP contribution >= 0.6 is 23.1 Å². The molecule has 1 atom stereocenters. The third-order valence-corrected chi connectivity index (χ3v) is 5.02. The Morgan fingerprint density at radius 2 is 2.15 bits per heavy atom. The number of carboxylic acids is 2. The molecule has 1 aromatic heterocycles. The first-order valence-corrected chi connectivity index (χ1v) is 7.70. The SMILES string of the molecule is CCc1ccc2nc(SC(CC(=O)O)C(=O)O)sc2c1. The van der Waals surface area contributed by atoms with Crippen molar-refractivity contribution in [2.75, 3.05) is 0 Å². The number of aromatic nitrogens is 1. The lowest BCUT2D eigenvalue weighted by atomic mass is 10.2. The van der Waals surface area contributed by atoms with Crippen molar-refractivity contribution in [1.29, 1.82) is 0 Å². The van der Waals surface area contributed by atoms with E-state index in [1.807, 2.05) is 18.2 Å². The molecule has 1 aromatic carbocycles.